The Bertz CT molecular complexity index is 998. The summed E-state index contributed by atoms with van der Waals surface area (Å²) in [6.45, 7) is 4.02. The van der Waals surface area contributed by atoms with Gasteiger partial charge in [-0.05, 0) is 23.5 Å². The van der Waals surface area contributed by atoms with Crippen molar-refractivity contribution in [1.82, 2.24) is 4.90 Å². The number of non-ortho nitro benzene ring substituents is 1. The van der Waals surface area contributed by atoms with Crippen molar-refractivity contribution >= 4 is 17.4 Å². The first-order valence-electron chi connectivity index (χ1n) is 9.85. The number of nitrogens with zero attached hydrogens (tertiary/aromatic N) is 2. The third-order valence-corrected chi connectivity index (χ3v) is 5.08. The summed E-state index contributed by atoms with van der Waals surface area (Å²) in [5.41, 5.74) is 1.32. The highest BCUT2D eigenvalue weighted by atomic mass is 16.6. The molecule has 1 N–H and O–H groups in total. The van der Waals surface area contributed by atoms with Gasteiger partial charge in [-0.1, -0.05) is 56.3 Å². The van der Waals surface area contributed by atoms with E-state index in [1.807, 2.05) is 44.2 Å². The molecular weight excluding hydrogens is 384 g/mol. The Morgan fingerprint density at radius 1 is 1.17 bits per heavy atom. The van der Waals surface area contributed by atoms with Gasteiger partial charge in [-0.3, -0.25) is 19.7 Å². The normalized spacial score (nSPS) is 16.4. The summed E-state index contributed by atoms with van der Waals surface area (Å²) < 4.78 is 0. The number of aliphatic hydroxyl groups is 1. The van der Waals surface area contributed by atoms with Gasteiger partial charge in [0.1, 0.15) is 0 Å². The summed E-state index contributed by atoms with van der Waals surface area (Å²) >= 11 is 0. The molecule has 1 unspecified atom stereocenters. The van der Waals surface area contributed by atoms with Crippen molar-refractivity contribution in [1.29, 1.82) is 0 Å². The number of carbonyl (C=O) groups excluding carboxylic acids is 2. The van der Waals surface area contributed by atoms with E-state index in [0.29, 0.717) is 12.0 Å². The maximum Gasteiger partial charge on any atom is 0.290 e. The monoisotopic (exact) mass is 408 g/mol. The van der Waals surface area contributed by atoms with Crippen LogP contribution >= 0.6 is 0 Å². The van der Waals surface area contributed by atoms with Gasteiger partial charge in [-0.25, -0.2) is 0 Å². The third-order valence-electron chi connectivity index (χ3n) is 5.08. The number of hydrogen-bond donors (Lipinski definition) is 1. The summed E-state index contributed by atoms with van der Waals surface area (Å²) in [7, 11) is 0. The van der Waals surface area contributed by atoms with E-state index >= 15 is 0 Å². The van der Waals surface area contributed by atoms with Crippen LogP contribution in [-0.4, -0.2) is 33.2 Å². The van der Waals surface area contributed by atoms with E-state index in [-0.39, 0.29) is 35.9 Å². The number of rotatable bonds is 8. The van der Waals surface area contributed by atoms with Crippen LogP contribution in [0.5, 0.6) is 0 Å². The van der Waals surface area contributed by atoms with E-state index in [1.165, 1.54) is 23.1 Å². The fourth-order valence-corrected chi connectivity index (χ4v) is 3.70. The van der Waals surface area contributed by atoms with E-state index in [2.05, 4.69) is 0 Å². The molecule has 7 nitrogen and oxygen atoms in total. The molecule has 2 aromatic carbocycles. The second kappa shape index (κ2) is 8.90. The molecule has 0 bridgehead atoms. The first-order chi connectivity index (χ1) is 14.3. The smallest absolute Gasteiger partial charge is 0.290 e. The largest absolute Gasteiger partial charge is 0.503 e. The molecule has 3 rings (SSSR count). The molecule has 1 amide bonds. The van der Waals surface area contributed by atoms with Gasteiger partial charge in [0, 0.05) is 25.1 Å². The van der Waals surface area contributed by atoms with Crippen molar-refractivity contribution in [3.8, 4) is 0 Å². The van der Waals surface area contributed by atoms with Crippen molar-refractivity contribution in [2.75, 3.05) is 6.54 Å². The average Bonchev–Trinajstić information content (AvgIpc) is 2.97. The first-order valence-corrected chi connectivity index (χ1v) is 9.85. The molecule has 0 aromatic heterocycles. The number of carbonyl (C=O) groups is 2. The molecule has 1 aliphatic rings. The minimum Gasteiger partial charge on any atom is -0.503 e. The lowest BCUT2D eigenvalue weighted by Crippen LogP contribution is -2.33. The van der Waals surface area contributed by atoms with E-state index < -0.39 is 22.6 Å². The van der Waals surface area contributed by atoms with Crippen LogP contribution in [0.1, 0.15) is 37.4 Å². The Morgan fingerprint density at radius 2 is 1.87 bits per heavy atom. The fraction of sp³-hybridized carbons (Fsp3) is 0.304. The molecule has 0 fully saturated rings. The summed E-state index contributed by atoms with van der Waals surface area (Å²) in [5.74, 6) is -1.48. The Morgan fingerprint density at radius 3 is 2.50 bits per heavy atom. The zero-order chi connectivity index (χ0) is 21.8. The standard InChI is InChI=1S/C23H24N2O5/c1-15(2)13-19(26)20-21(17-9-6-10-18(14-17)25(29)30)24(23(28)22(20)27)12-11-16-7-4-3-5-8-16/h3-10,14-15,21,27H,11-13H2,1-2H3. The number of hydrogen-bond acceptors (Lipinski definition) is 5. The van der Waals surface area contributed by atoms with Crippen molar-refractivity contribution in [3.63, 3.8) is 0 Å². The van der Waals surface area contributed by atoms with Crippen LogP contribution in [0.2, 0.25) is 0 Å². The Hall–Kier alpha value is -3.48. The van der Waals surface area contributed by atoms with Crippen LogP contribution < -0.4 is 0 Å². The lowest BCUT2D eigenvalue weighted by Gasteiger charge is -2.27. The molecule has 0 radical (unpaired) electrons. The number of benzene rings is 2. The van der Waals surface area contributed by atoms with Crippen LogP contribution in [0, 0.1) is 16.0 Å². The summed E-state index contributed by atoms with van der Waals surface area (Å²) in [5, 5.41) is 21.8. The summed E-state index contributed by atoms with van der Waals surface area (Å²) in [6, 6.07) is 14.6. The predicted octanol–water partition coefficient (Wildman–Crippen LogP) is 4.15. The Balaban J connectivity index is 2.00. The molecular formula is C23H24N2O5. The van der Waals surface area contributed by atoms with E-state index in [4.69, 9.17) is 0 Å². The lowest BCUT2D eigenvalue weighted by molar-refractivity contribution is -0.384. The van der Waals surface area contributed by atoms with Gasteiger partial charge in [0.25, 0.3) is 11.6 Å². The SMILES string of the molecule is CC(C)CC(=O)C1=C(O)C(=O)N(CCc2ccccc2)C1c1cccc([N+](=O)[O-])c1. The molecule has 0 saturated carbocycles. The zero-order valence-electron chi connectivity index (χ0n) is 16.9. The number of aliphatic hydroxyl groups excluding tert-OH is 1. The van der Waals surface area contributed by atoms with Crippen LogP contribution in [0.4, 0.5) is 5.69 Å². The minimum atomic E-state index is -0.854. The fourth-order valence-electron chi connectivity index (χ4n) is 3.70. The second-order valence-electron chi connectivity index (χ2n) is 7.77. The van der Waals surface area contributed by atoms with Crippen LogP contribution in [0.25, 0.3) is 0 Å². The zero-order valence-corrected chi connectivity index (χ0v) is 16.9. The Labute approximate surface area is 174 Å². The molecule has 0 saturated heterocycles. The first kappa shape index (κ1) is 21.2. The van der Waals surface area contributed by atoms with E-state index in [9.17, 15) is 24.8 Å². The molecule has 156 valence electrons. The highest BCUT2D eigenvalue weighted by Gasteiger charge is 2.43. The highest BCUT2D eigenvalue weighted by Crippen LogP contribution is 2.39. The van der Waals surface area contributed by atoms with Crippen LogP contribution in [-0.2, 0) is 16.0 Å². The van der Waals surface area contributed by atoms with Gasteiger partial charge in [-0.15, -0.1) is 0 Å². The molecule has 30 heavy (non-hydrogen) atoms. The maximum absolute atomic E-state index is 12.9. The van der Waals surface area contributed by atoms with Crippen LogP contribution in [0.3, 0.4) is 0 Å². The van der Waals surface area contributed by atoms with E-state index in [0.717, 1.165) is 5.56 Å². The molecule has 2 aromatic rings. The van der Waals surface area contributed by atoms with Crippen molar-refractivity contribution < 1.29 is 19.6 Å². The quantitative estimate of drug-likeness (QED) is 0.522. The predicted molar refractivity (Wildman–Crippen MR) is 112 cm³/mol. The van der Waals surface area contributed by atoms with Crippen molar-refractivity contribution in [2.24, 2.45) is 5.92 Å². The number of Topliss-reactive ketones (excluding diaryl/α,β-unsaturated/α-hetero) is 1. The van der Waals surface area contributed by atoms with Gasteiger partial charge in [0.15, 0.2) is 11.5 Å². The second-order valence-corrected chi connectivity index (χ2v) is 7.77. The molecule has 1 aliphatic heterocycles. The molecule has 1 heterocycles. The van der Waals surface area contributed by atoms with Gasteiger partial charge in [0.05, 0.1) is 16.5 Å². The lowest BCUT2D eigenvalue weighted by atomic mass is 9.92. The molecule has 7 heteroatoms. The maximum atomic E-state index is 12.9. The number of nitro groups is 1. The van der Waals surface area contributed by atoms with Gasteiger partial charge >= 0.3 is 0 Å². The van der Waals surface area contributed by atoms with Crippen molar-refractivity contribution in [2.45, 2.75) is 32.7 Å². The topological polar surface area (TPSA) is 101 Å². The number of ketones is 1. The Kier molecular flexibility index (Phi) is 6.30. The van der Waals surface area contributed by atoms with E-state index in [1.54, 1.807) is 6.07 Å². The van der Waals surface area contributed by atoms with Crippen LogP contribution in [0.15, 0.2) is 65.9 Å². The molecule has 0 aliphatic carbocycles. The molecule has 0 spiro atoms. The number of nitro benzene ring substituents is 1. The van der Waals surface area contributed by atoms with Gasteiger partial charge in [0.2, 0.25) is 0 Å². The van der Waals surface area contributed by atoms with Gasteiger partial charge in [-0.2, -0.15) is 0 Å². The molecule has 1 atom stereocenters. The third kappa shape index (κ3) is 4.40. The number of amides is 1. The summed E-state index contributed by atoms with van der Waals surface area (Å²) in [6.07, 6.45) is 0.696. The van der Waals surface area contributed by atoms with Crippen molar-refractivity contribution in [3.05, 3.63) is 87.2 Å². The van der Waals surface area contributed by atoms with Gasteiger partial charge < -0.3 is 10.0 Å². The summed E-state index contributed by atoms with van der Waals surface area (Å²) in [4.78, 5) is 37.9. The highest BCUT2D eigenvalue weighted by molar-refractivity contribution is 6.09. The average molecular weight is 408 g/mol. The minimum absolute atomic E-state index is 0.0160.